The van der Waals surface area contributed by atoms with Crippen molar-refractivity contribution < 1.29 is 14.7 Å². The maximum atomic E-state index is 12.2. The normalized spacial score (nSPS) is 22.9. The van der Waals surface area contributed by atoms with Gasteiger partial charge in [0.1, 0.15) is 0 Å². The predicted molar refractivity (Wildman–Crippen MR) is 82.3 cm³/mol. The van der Waals surface area contributed by atoms with E-state index in [0.29, 0.717) is 26.2 Å². The van der Waals surface area contributed by atoms with E-state index in [2.05, 4.69) is 5.32 Å². The van der Waals surface area contributed by atoms with Crippen LogP contribution in [0, 0.1) is 0 Å². The number of amides is 2. The molecular formula is C14H26ClN3O3. The van der Waals surface area contributed by atoms with Crippen LogP contribution in [0.15, 0.2) is 0 Å². The number of nitrogens with one attached hydrogen (secondary N) is 1. The number of halogens is 1. The van der Waals surface area contributed by atoms with Crippen molar-refractivity contribution in [1.29, 1.82) is 0 Å². The molecule has 0 aromatic rings. The summed E-state index contributed by atoms with van der Waals surface area (Å²) in [7, 11) is 0. The molecule has 2 aliphatic rings. The van der Waals surface area contributed by atoms with Crippen molar-refractivity contribution >= 4 is 24.2 Å². The molecule has 6 nitrogen and oxygen atoms in total. The molecule has 2 heterocycles. The Morgan fingerprint density at radius 2 is 1.76 bits per heavy atom. The van der Waals surface area contributed by atoms with E-state index in [4.69, 9.17) is 0 Å². The van der Waals surface area contributed by atoms with Gasteiger partial charge in [0.05, 0.1) is 18.1 Å². The average Bonchev–Trinajstić information content (AvgIpc) is 2.90. The fourth-order valence-corrected chi connectivity index (χ4v) is 2.77. The second kappa shape index (κ2) is 7.42. The zero-order chi connectivity index (χ0) is 14.8. The molecule has 2 N–H and O–H groups in total. The summed E-state index contributed by atoms with van der Waals surface area (Å²) >= 11 is 0. The van der Waals surface area contributed by atoms with Crippen LogP contribution in [-0.2, 0) is 9.59 Å². The lowest BCUT2D eigenvalue weighted by Gasteiger charge is -2.36. The molecule has 1 atom stereocenters. The van der Waals surface area contributed by atoms with Gasteiger partial charge in [-0.3, -0.25) is 9.59 Å². The molecule has 0 radical (unpaired) electrons. The van der Waals surface area contributed by atoms with Gasteiger partial charge >= 0.3 is 0 Å². The molecule has 7 heteroatoms. The molecule has 0 aromatic carbocycles. The maximum absolute atomic E-state index is 12.2. The second-order valence-electron chi connectivity index (χ2n) is 6.34. The number of piperazine rings is 1. The third kappa shape index (κ3) is 5.13. The van der Waals surface area contributed by atoms with Crippen LogP contribution in [0.3, 0.4) is 0 Å². The highest BCUT2D eigenvalue weighted by molar-refractivity contribution is 5.85. The Morgan fingerprint density at radius 1 is 1.19 bits per heavy atom. The minimum Gasteiger partial charge on any atom is -0.390 e. The monoisotopic (exact) mass is 319 g/mol. The molecule has 0 bridgehead atoms. The van der Waals surface area contributed by atoms with Gasteiger partial charge in [0.2, 0.25) is 11.8 Å². The van der Waals surface area contributed by atoms with Gasteiger partial charge in [0.25, 0.3) is 0 Å². The smallest absolute Gasteiger partial charge is 0.239 e. The van der Waals surface area contributed by atoms with Crippen molar-refractivity contribution in [3.63, 3.8) is 0 Å². The minimum atomic E-state index is -0.974. The van der Waals surface area contributed by atoms with E-state index in [0.717, 1.165) is 19.4 Å². The Kier molecular flexibility index (Phi) is 6.43. The van der Waals surface area contributed by atoms with Gasteiger partial charge in [0, 0.05) is 26.2 Å². The molecule has 0 saturated carbocycles. The summed E-state index contributed by atoms with van der Waals surface area (Å²) in [6.07, 6.45) is 2.10. The number of nitrogens with zero attached hydrogens (tertiary/aromatic N) is 2. The third-order valence-corrected chi connectivity index (χ3v) is 3.89. The Labute approximate surface area is 132 Å². The van der Waals surface area contributed by atoms with Gasteiger partial charge in [0.15, 0.2) is 0 Å². The molecule has 0 spiro atoms. The number of hydrogen-bond donors (Lipinski definition) is 2. The van der Waals surface area contributed by atoms with Crippen molar-refractivity contribution in [2.45, 2.75) is 44.8 Å². The van der Waals surface area contributed by atoms with E-state index in [-0.39, 0.29) is 36.7 Å². The van der Waals surface area contributed by atoms with Crippen molar-refractivity contribution in [3.8, 4) is 0 Å². The molecule has 21 heavy (non-hydrogen) atoms. The van der Waals surface area contributed by atoms with Gasteiger partial charge in [-0.2, -0.15) is 0 Å². The van der Waals surface area contributed by atoms with Crippen molar-refractivity contribution in [3.05, 3.63) is 0 Å². The third-order valence-electron chi connectivity index (χ3n) is 3.89. The Balaban J connectivity index is 0.00000220. The van der Waals surface area contributed by atoms with Crippen molar-refractivity contribution in [2.24, 2.45) is 0 Å². The number of aliphatic hydroxyl groups is 1. The summed E-state index contributed by atoms with van der Waals surface area (Å²) in [5.41, 5.74) is -0.974. The van der Waals surface area contributed by atoms with E-state index >= 15 is 0 Å². The average molecular weight is 320 g/mol. The van der Waals surface area contributed by atoms with Crippen LogP contribution in [0.5, 0.6) is 0 Å². The van der Waals surface area contributed by atoms with Gasteiger partial charge in [-0.1, -0.05) is 0 Å². The first-order valence-electron chi connectivity index (χ1n) is 7.39. The molecule has 2 aliphatic heterocycles. The van der Waals surface area contributed by atoms with E-state index in [1.165, 1.54) is 0 Å². The Hall–Kier alpha value is -0.850. The lowest BCUT2D eigenvalue weighted by atomic mass is 10.0. The van der Waals surface area contributed by atoms with Gasteiger partial charge in [-0.05, 0) is 33.2 Å². The zero-order valence-electron chi connectivity index (χ0n) is 12.8. The highest BCUT2D eigenvalue weighted by Crippen LogP contribution is 2.14. The van der Waals surface area contributed by atoms with Crippen LogP contribution < -0.4 is 5.32 Å². The summed E-state index contributed by atoms with van der Waals surface area (Å²) in [5.74, 6) is 0.126. The fraction of sp³-hybridized carbons (Fsp3) is 0.857. The van der Waals surface area contributed by atoms with Gasteiger partial charge in [-0.25, -0.2) is 0 Å². The molecular weight excluding hydrogens is 294 g/mol. The van der Waals surface area contributed by atoms with Crippen molar-refractivity contribution in [1.82, 2.24) is 15.1 Å². The first kappa shape index (κ1) is 18.2. The van der Waals surface area contributed by atoms with Crippen molar-refractivity contribution in [2.75, 3.05) is 32.7 Å². The molecule has 2 amide bonds. The highest BCUT2D eigenvalue weighted by Gasteiger charge is 2.31. The summed E-state index contributed by atoms with van der Waals surface area (Å²) < 4.78 is 0. The molecule has 0 aliphatic carbocycles. The highest BCUT2D eigenvalue weighted by atomic mass is 35.5. The lowest BCUT2D eigenvalue weighted by Crippen LogP contribution is -2.54. The van der Waals surface area contributed by atoms with E-state index in [1.54, 1.807) is 18.7 Å². The quantitative estimate of drug-likeness (QED) is 0.767. The molecule has 2 saturated heterocycles. The van der Waals surface area contributed by atoms with Crippen LogP contribution in [-0.4, -0.2) is 71.1 Å². The summed E-state index contributed by atoms with van der Waals surface area (Å²) in [6, 6.07) is -0.0337. The Bertz CT molecular complexity index is 370. The first-order valence-corrected chi connectivity index (χ1v) is 7.39. The van der Waals surface area contributed by atoms with E-state index in [9.17, 15) is 14.7 Å². The summed E-state index contributed by atoms with van der Waals surface area (Å²) in [4.78, 5) is 27.8. The first-order chi connectivity index (χ1) is 9.37. The van der Waals surface area contributed by atoms with Crippen LogP contribution in [0.1, 0.15) is 33.1 Å². The lowest BCUT2D eigenvalue weighted by molar-refractivity contribution is -0.142. The predicted octanol–water partition coefficient (Wildman–Crippen LogP) is -0.00800. The van der Waals surface area contributed by atoms with Gasteiger partial charge < -0.3 is 20.2 Å². The number of carbonyl (C=O) groups excluding carboxylic acids is 2. The van der Waals surface area contributed by atoms with E-state index in [1.807, 2.05) is 4.90 Å². The van der Waals surface area contributed by atoms with E-state index < -0.39 is 5.60 Å². The largest absolute Gasteiger partial charge is 0.390 e. The number of hydrogen-bond acceptors (Lipinski definition) is 4. The number of carbonyl (C=O) groups is 2. The zero-order valence-corrected chi connectivity index (χ0v) is 13.6. The standard InChI is InChI=1S/C14H25N3O3.ClH/c1-14(2,20)10-12(18)16-6-8-17(9-7-16)13(19)11-4-3-5-15-11;/h11,15,20H,3-10H2,1-2H3;1H. The number of rotatable bonds is 3. The van der Waals surface area contributed by atoms with Crippen LogP contribution >= 0.6 is 12.4 Å². The minimum absolute atomic E-state index is 0. The van der Waals surface area contributed by atoms with Crippen LogP contribution in [0.2, 0.25) is 0 Å². The molecule has 122 valence electrons. The molecule has 1 unspecified atom stereocenters. The molecule has 2 rings (SSSR count). The maximum Gasteiger partial charge on any atom is 0.239 e. The SMILES string of the molecule is CC(C)(O)CC(=O)N1CCN(C(=O)C2CCCN2)CC1.Cl. The second-order valence-corrected chi connectivity index (χ2v) is 6.34. The van der Waals surface area contributed by atoms with Crippen LogP contribution in [0.4, 0.5) is 0 Å². The van der Waals surface area contributed by atoms with Crippen LogP contribution in [0.25, 0.3) is 0 Å². The summed E-state index contributed by atoms with van der Waals surface area (Å²) in [6.45, 7) is 6.50. The molecule has 0 aromatic heterocycles. The van der Waals surface area contributed by atoms with Gasteiger partial charge in [-0.15, -0.1) is 12.4 Å². The fourth-order valence-electron chi connectivity index (χ4n) is 2.77. The Morgan fingerprint density at radius 3 is 2.24 bits per heavy atom. The topological polar surface area (TPSA) is 72.9 Å². The summed E-state index contributed by atoms with van der Waals surface area (Å²) in [5, 5.41) is 12.9. The molecule has 2 fully saturated rings.